The van der Waals surface area contributed by atoms with E-state index in [0.29, 0.717) is 11.2 Å². The monoisotopic (exact) mass is 202 g/mol. The van der Waals surface area contributed by atoms with E-state index in [4.69, 9.17) is 0 Å². The maximum Gasteiger partial charge on any atom is 0.130 e. The second-order valence-electron chi connectivity index (χ2n) is 4.98. The third-order valence-electron chi connectivity index (χ3n) is 3.41. The van der Waals surface area contributed by atoms with Crippen LogP contribution < -0.4 is 0 Å². The predicted molar refractivity (Wildman–Crippen MR) is 61.8 cm³/mol. The van der Waals surface area contributed by atoms with Gasteiger partial charge in [0, 0.05) is 6.42 Å². The fraction of sp³-hybridized carbons (Fsp3) is 0.500. The number of rotatable bonds is 4. The Balaban J connectivity index is 2.09. The van der Waals surface area contributed by atoms with Gasteiger partial charge in [-0.05, 0) is 49.7 Å². The molecule has 0 spiro atoms. The summed E-state index contributed by atoms with van der Waals surface area (Å²) in [4.78, 5) is 11.2. The minimum atomic E-state index is 0.317. The van der Waals surface area contributed by atoms with Crippen LogP contribution in [-0.4, -0.2) is 5.78 Å². The molecule has 0 heterocycles. The first-order valence-electron chi connectivity index (χ1n) is 5.65. The minimum absolute atomic E-state index is 0.317. The number of carbonyl (C=O) groups excluding carboxylic acids is 1. The first-order chi connectivity index (χ1) is 7.11. The molecule has 1 aliphatic rings. The molecule has 1 heteroatoms. The van der Waals surface area contributed by atoms with Crippen LogP contribution in [0.25, 0.3) is 0 Å². The minimum Gasteiger partial charge on any atom is -0.300 e. The predicted octanol–water partition coefficient (Wildman–Crippen LogP) is 3.30. The number of Topliss-reactive ketones (excluding diaryl/α,β-unsaturated/α-hetero) is 1. The van der Waals surface area contributed by atoms with Gasteiger partial charge in [0.25, 0.3) is 0 Å². The van der Waals surface area contributed by atoms with Gasteiger partial charge < -0.3 is 4.79 Å². The Morgan fingerprint density at radius 3 is 2.53 bits per heavy atom. The number of hydrogen-bond acceptors (Lipinski definition) is 1. The SMILES string of the molecule is CC(=O)CC1(Cc2ccccc2C)CC1. The molecule has 2 rings (SSSR count). The summed E-state index contributed by atoms with van der Waals surface area (Å²) in [6, 6.07) is 8.50. The largest absolute Gasteiger partial charge is 0.300 e. The molecule has 0 saturated heterocycles. The molecule has 0 unspecified atom stereocenters. The van der Waals surface area contributed by atoms with Crippen molar-refractivity contribution in [2.24, 2.45) is 5.41 Å². The van der Waals surface area contributed by atoms with Crippen molar-refractivity contribution in [3.63, 3.8) is 0 Å². The van der Waals surface area contributed by atoms with Crippen LogP contribution in [-0.2, 0) is 11.2 Å². The molecular formula is C14H18O. The highest BCUT2D eigenvalue weighted by Crippen LogP contribution is 2.51. The van der Waals surface area contributed by atoms with Crippen molar-refractivity contribution >= 4 is 5.78 Å². The Morgan fingerprint density at radius 1 is 1.33 bits per heavy atom. The molecule has 80 valence electrons. The van der Waals surface area contributed by atoms with Crippen LogP contribution in [0.15, 0.2) is 24.3 Å². The average Bonchev–Trinajstić information content (AvgIpc) is 2.88. The van der Waals surface area contributed by atoms with Crippen molar-refractivity contribution in [2.75, 3.05) is 0 Å². The summed E-state index contributed by atoms with van der Waals surface area (Å²) in [5.41, 5.74) is 3.08. The van der Waals surface area contributed by atoms with E-state index in [1.807, 2.05) is 0 Å². The molecule has 0 atom stereocenters. The molecule has 1 saturated carbocycles. The quantitative estimate of drug-likeness (QED) is 0.732. The van der Waals surface area contributed by atoms with E-state index < -0.39 is 0 Å². The van der Waals surface area contributed by atoms with Gasteiger partial charge in [-0.1, -0.05) is 24.3 Å². The highest BCUT2D eigenvalue weighted by molar-refractivity contribution is 5.76. The first-order valence-corrected chi connectivity index (χ1v) is 5.65. The number of aryl methyl sites for hydroxylation is 1. The Hall–Kier alpha value is -1.11. The molecule has 0 aromatic heterocycles. The fourth-order valence-electron chi connectivity index (χ4n) is 2.33. The van der Waals surface area contributed by atoms with E-state index in [0.717, 1.165) is 12.8 Å². The smallest absolute Gasteiger partial charge is 0.130 e. The lowest BCUT2D eigenvalue weighted by Gasteiger charge is -2.14. The number of ketones is 1. The van der Waals surface area contributed by atoms with Crippen molar-refractivity contribution in [3.8, 4) is 0 Å². The van der Waals surface area contributed by atoms with Crippen LogP contribution in [0.1, 0.15) is 37.3 Å². The molecule has 15 heavy (non-hydrogen) atoms. The highest BCUT2D eigenvalue weighted by atomic mass is 16.1. The van der Waals surface area contributed by atoms with E-state index in [1.54, 1.807) is 6.92 Å². The fourth-order valence-corrected chi connectivity index (χ4v) is 2.33. The van der Waals surface area contributed by atoms with Gasteiger partial charge in [0.15, 0.2) is 0 Å². The summed E-state index contributed by atoms with van der Waals surface area (Å²) in [5.74, 6) is 0.334. The Morgan fingerprint density at radius 2 is 2.00 bits per heavy atom. The van der Waals surface area contributed by atoms with Gasteiger partial charge in [-0.3, -0.25) is 0 Å². The maximum atomic E-state index is 11.2. The lowest BCUT2D eigenvalue weighted by atomic mass is 9.90. The lowest BCUT2D eigenvalue weighted by Crippen LogP contribution is -2.10. The second-order valence-corrected chi connectivity index (χ2v) is 4.98. The Labute approximate surface area is 91.5 Å². The van der Waals surface area contributed by atoms with E-state index in [-0.39, 0.29) is 0 Å². The topological polar surface area (TPSA) is 17.1 Å². The number of benzene rings is 1. The van der Waals surface area contributed by atoms with Crippen LogP contribution in [0.2, 0.25) is 0 Å². The Kier molecular flexibility index (Phi) is 2.64. The molecule has 1 fully saturated rings. The van der Waals surface area contributed by atoms with Gasteiger partial charge >= 0.3 is 0 Å². The molecule has 1 nitrogen and oxygen atoms in total. The molecule has 0 radical (unpaired) electrons. The van der Waals surface area contributed by atoms with Gasteiger partial charge in [-0.15, -0.1) is 0 Å². The zero-order valence-electron chi connectivity index (χ0n) is 9.55. The molecule has 0 aliphatic heterocycles. The second kappa shape index (κ2) is 3.80. The van der Waals surface area contributed by atoms with Crippen molar-refractivity contribution in [2.45, 2.75) is 39.5 Å². The van der Waals surface area contributed by atoms with Crippen molar-refractivity contribution in [1.82, 2.24) is 0 Å². The molecule has 1 aromatic rings. The maximum absolute atomic E-state index is 11.2. The van der Waals surface area contributed by atoms with Gasteiger partial charge in [-0.25, -0.2) is 0 Å². The summed E-state index contributed by atoms with van der Waals surface area (Å²) < 4.78 is 0. The van der Waals surface area contributed by atoms with Crippen molar-refractivity contribution in [1.29, 1.82) is 0 Å². The molecule has 1 aliphatic carbocycles. The van der Waals surface area contributed by atoms with Gasteiger partial charge in [-0.2, -0.15) is 0 Å². The average molecular weight is 202 g/mol. The Bertz CT molecular complexity index is 375. The van der Waals surface area contributed by atoms with Gasteiger partial charge in [0.05, 0.1) is 0 Å². The third kappa shape index (κ3) is 2.47. The van der Waals surface area contributed by atoms with E-state index in [2.05, 4.69) is 31.2 Å². The summed E-state index contributed by atoms with van der Waals surface area (Å²) >= 11 is 0. The number of carbonyl (C=O) groups is 1. The molecule has 0 amide bonds. The molecule has 0 bridgehead atoms. The van der Waals surface area contributed by atoms with Crippen molar-refractivity contribution in [3.05, 3.63) is 35.4 Å². The van der Waals surface area contributed by atoms with Crippen LogP contribution in [0.5, 0.6) is 0 Å². The van der Waals surface area contributed by atoms with E-state index >= 15 is 0 Å². The molecule has 1 aromatic carbocycles. The summed E-state index contributed by atoms with van der Waals surface area (Å²) in [6.07, 6.45) is 4.29. The molecular weight excluding hydrogens is 184 g/mol. The normalized spacial score (nSPS) is 17.5. The zero-order chi connectivity index (χ0) is 10.9. The highest BCUT2D eigenvalue weighted by Gasteiger charge is 2.43. The van der Waals surface area contributed by atoms with E-state index in [1.165, 1.54) is 24.0 Å². The summed E-state index contributed by atoms with van der Waals surface area (Å²) in [5, 5.41) is 0. The zero-order valence-corrected chi connectivity index (χ0v) is 9.55. The van der Waals surface area contributed by atoms with Crippen LogP contribution in [0.3, 0.4) is 0 Å². The van der Waals surface area contributed by atoms with Crippen LogP contribution in [0.4, 0.5) is 0 Å². The van der Waals surface area contributed by atoms with E-state index in [9.17, 15) is 4.79 Å². The lowest BCUT2D eigenvalue weighted by molar-refractivity contribution is -0.118. The standard InChI is InChI=1S/C14H18O/c1-11-5-3-4-6-13(11)10-14(7-8-14)9-12(2)15/h3-6H,7-10H2,1-2H3. The molecule has 0 N–H and O–H groups in total. The summed E-state index contributed by atoms with van der Waals surface area (Å²) in [7, 11) is 0. The van der Waals surface area contributed by atoms with Gasteiger partial charge in [0.1, 0.15) is 5.78 Å². The summed E-state index contributed by atoms with van der Waals surface area (Å²) in [6.45, 7) is 3.86. The van der Waals surface area contributed by atoms with Gasteiger partial charge in [0.2, 0.25) is 0 Å². The number of hydrogen-bond donors (Lipinski definition) is 0. The van der Waals surface area contributed by atoms with Crippen LogP contribution in [0, 0.1) is 12.3 Å². The van der Waals surface area contributed by atoms with Crippen molar-refractivity contribution < 1.29 is 4.79 Å². The third-order valence-corrected chi connectivity index (χ3v) is 3.41. The van der Waals surface area contributed by atoms with Crippen LogP contribution >= 0.6 is 0 Å². The first kappa shape index (κ1) is 10.4.